The van der Waals surface area contributed by atoms with E-state index in [0.29, 0.717) is 0 Å². The van der Waals surface area contributed by atoms with Crippen molar-refractivity contribution in [3.05, 3.63) is 151 Å². The van der Waals surface area contributed by atoms with Crippen LogP contribution in [-0.2, 0) is 0 Å². The van der Waals surface area contributed by atoms with E-state index in [-0.39, 0.29) is 0 Å². The van der Waals surface area contributed by atoms with Crippen LogP contribution >= 0.6 is 0 Å². The van der Waals surface area contributed by atoms with Gasteiger partial charge in [0, 0.05) is 44.1 Å². The number of benzene rings is 7. The summed E-state index contributed by atoms with van der Waals surface area (Å²) in [5.41, 5.74) is 13.0. The van der Waals surface area contributed by atoms with Gasteiger partial charge in [-0.2, -0.15) is 0 Å². The summed E-state index contributed by atoms with van der Waals surface area (Å²) in [6.45, 7) is 2.12. The Hall–Kier alpha value is -6.06. The molecule has 0 spiro atoms. The molecule has 0 fully saturated rings. The summed E-state index contributed by atoms with van der Waals surface area (Å²) in [6, 6.07) is 52.0. The lowest BCUT2D eigenvalue weighted by atomic mass is 10.0. The van der Waals surface area contributed by atoms with Crippen LogP contribution in [-0.4, -0.2) is 4.57 Å². The van der Waals surface area contributed by atoms with E-state index in [1.165, 1.54) is 44.1 Å². The molecule has 216 valence electrons. The smallest absolute Gasteiger partial charge is 0.139 e. The maximum absolute atomic E-state index is 6.34. The van der Waals surface area contributed by atoms with Gasteiger partial charge < -0.3 is 13.4 Å². The molecule has 0 atom stereocenters. The predicted molar refractivity (Wildman–Crippen MR) is 191 cm³/mol. The molecule has 0 saturated heterocycles. The molecule has 3 heteroatoms. The first-order valence-electron chi connectivity index (χ1n) is 15.7. The molecule has 3 nitrogen and oxygen atoms in total. The minimum absolute atomic E-state index is 0.833. The fourth-order valence-corrected chi connectivity index (χ4v) is 7.16. The van der Waals surface area contributed by atoms with E-state index < -0.39 is 0 Å². The SMILES string of the molecule is Cc1ccc(-c2ccc3oc4cc5oc6ccc(-c7ccc(-n8c9ccccc9c9ccccc98)cc7)cc6c5cc4c3c2)cc1. The van der Waals surface area contributed by atoms with Gasteiger partial charge in [-0.15, -0.1) is 0 Å². The first-order chi connectivity index (χ1) is 22.7. The molecule has 3 heterocycles. The zero-order valence-corrected chi connectivity index (χ0v) is 25.1. The Labute approximate surface area is 264 Å². The van der Waals surface area contributed by atoms with Crippen molar-refractivity contribution in [2.75, 3.05) is 0 Å². The summed E-state index contributed by atoms with van der Waals surface area (Å²) in [5, 5.41) is 6.94. The number of hydrogen-bond acceptors (Lipinski definition) is 2. The van der Waals surface area contributed by atoms with Crippen molar-refractivity contribution in [3.8, 4) is 27.9 Å². The summed E-state index contributed by atoms with van der Waals surface area (Å²) >= 11 is 0. The van der Waals surface area contributed by atoms with Gasteiger partial charge in [0.2, 0.25) is 0 Å². The van der Waals surface area contributed by atoms with Crippen molar-refractivity contribution in [1.29, 1.82) is 0 Å². The molecule has 0 aliphatic rings. The fourth-order valence-electron chi connectivity index (χ4n) is 7.16. The van der Waals surface area contributed by atoms with Crippen molar-refractivity contribution in [3.63, 3.8) is 0 Å². The Kier molecular flexibility index (Phi) is 5.20. The third-order valence-corrected chi connectivity index (χ3v) is 9.48. The lowest BCUT2D eigenvalue weighted by molar-refractivity contribution is 0.656. The number of rotatable bonds is 3. The van der Waals surface area contributed by atoms with E-state index in [4.69, 9.17) is 8.83 Å². The normalized spacial score (nSPS) is 12.0. The Bertz CT molecular complexity index is 2740. The molecule has 0 amide bonds. The molecule has 46 heavy (non-hydrogen) atoms. The molecule has 0 aliphatic carbocycles. The highest BCUT2D eigenvalue weighted by Gasteiger charge is 2.16. The lowest BCUT2D eigenvalue weighted by Gasteiger charge is -2.09. The van der Waals surface area contributed by atoms with Crippen LogP contribution in [0.4, 0.5) is 0 Å². The van der Waals surface area contributed by atoms with Gasteiger partial charge in [0.05, 0.1) is 11.0 Å². The van der Waals surface area contributed by atoms with Crippen LogP contribution < -0.4 is 0 Å². The molecule has 0 radical (unpaired) electrons. The van der Waals surface area contributed by atoms with Gasteiger partial charge in [-0.1, -0.05) is 90.5 Å². The average molecular weight is 590 g/mol. The fraction of sp³-hybridized carbons (Fsp3) is 0.0233. The quantitative estimate of drug-likeness (QED) is 0.205. The average Bonchev–Trinajstić information content (AvgIpc) is 3.76. The Balaban J connectivity index is 1.08. The summed E-state index contributed by atoms with van der Waals surface area (Å²) in [4.78, 5) is 0. The molecule has 7 aromatic carbocycles. The second kappa shape index (κ2) is 9.47. The zero-order chi connectivity index (χ0) is 30.4. The van der Waals surface area contributed by atoms with Crippen LogP contribution in [0.3, 0.4) is 0 Å². The van der Waals surface area contributed by atoms with Crippen molar-refractivity contribution in [2.24, 2.45) is 0 Å². The largest absolute Gasteiger partial charge is 0.456 e. The van der Waals surface area contributed by atoms with Gasteiger partial charge in [0.25, 0.3) is 0 Å². The van der Waals surface area contributed by atoms with Gasteiger partial charge in [0.1, 0.15) is 22.3 Å². The highest BCUT2D eigenvalue weighted by Crippen LogP contribution is 2.39. The van der Waals surface area contributed by atoms with E-state index in [1.807, 2.05) is 6.07 Å². The molecule has 3 aromatic heterocycles. The van der Waals surface area contributed by atoms with E-state index in [1.54, 1.807) is 0 Å². The van der Waals surface area contributed by atoms with Crippen LogP contribution in [0.5, 0.6) is 0 Å². The molecular weight excluding hydrogens is 562 g/mol. The summed E-state index contributed by atoms with van der Waals surface area (Å²) < 4.78 is 15.0. The molecule has 0 N–H and O–H groups in total. The van der Waals surface area contributed by atoms with Crippen LogP contribution in [0.1, 0.15) is 5.56 Å². The van der Waals surface area contributed by atoms with Crippen LogP contribution in [0.15, 0.2) is 154 Å². The monoisotopic (exact) mass is 589 g/mol. The summed E-state index contributed by atoms with van der Waals surface area (Å²) in [5.74, 6) is 0. The van der Waals surface area contributed by atoms with Crippen LogP contribution in [0.2, 0.25) is 0 Å². The Morgan fingerprint density at radius 1 is 0.370 bits per heavy atom. The third kappa shape index (κ3) is 3.72. The second-order valence-electron chi connectivity index (χ2n) is 12.3. The molecular formula is C43H27NO2. The zero-order valence-electron chi connectivity index (χ0n) is 25.1. The van der Waals surface area contributed by atoms with Crippen LogP contribution in [0.25, 0.3) is 93.6 Å². The first kappa shape index (κ1) is 25.3. The molecule has 0 bridgehead atoms. The first-order valence-corrected chi connectivity index (χ1v) is 15.7. The number of nitrogens with zero attached hydrogens (tertiary/aromatic N) is 1. The van der Waals surface area contributed by atoms with Gasteiger partial charge in [-0.05, 0) is 83.8 Å². The molecule has 10 aromatic rings. The minimum Gasteiger partial charge on any atom is -0.456 e. The van der Waals surface area contributed by atoms with E-state index >= 15 is 0 Å². The molecule has 10 rings (SSSR count). The Morgan fingerprint density at radius 3 is 1.37 bits per heavy atom. The second-order valence-corrected chi connectivity index (χ2v) is 12.3. The number of para-hydroxylation sites is 2. The van der Waals surface area contributed by atoms with Gasteiger partial charge in [0.15, 0.2) is 0 Å². The summed E-state index contributed by atoms with van der Waals surface area (Å²) in [6.07, 6.45) is 0. The standard InChI is InChI=1S/C43H27NO2/c1-26-10-12-27(13-11-26)29-16-20-40-34(22-29)36-24-37-35-23-30(17-21-41(35)46-43(37)25-42(36)45-40)28-14-18-31(19-15-28)44-38-8-4-2-6-32(38)33-7-3-5-9-39(33)44/h2-25H,1H3. The molecule has 0 unspecified atom stereocenters. The number of aromatic nitrogens is 1. The van der Waals surface area contributed by atoms with E-state index in [2.05, 4.69) is 151 Å². The van der Waals surface area contributed by atoms with Gasteiger partial charge in [-0.3, -0.25) is 0 Å². The van der Waals surface area contributed by atoms with Crippen molar-refractivity contribution in [1.82, 2.24) is 4.57 Å². The number of furan rings is 2. The number of fused-ring (bicyclic) bond motifs is 9. The van der Waals surface area contributed by atoms with Crippen molar-refractivity contribution < 1.29 is 8.83 Å². The van der Waals surface area contributed by atoms with Crippen molar-refractivity contribution in [2.45, 2.75) is 6.92 Å². The highest BCUT2D eigenvalue weighted by molar-refractivity contribution is 6.16. The van der Waals surface area contributed by atoms with Crippen LogP contribution in [0, 0.1) is 6.92 Å². The number of aryl methyl sites for hydroxylation is 1. The lowest BCUT2D eigenvalue weighted by Crippen LogP contribution is -1.93. The molecule has 0 saturated carbocycles. The van der Waals surface area contributed by atoms with Crippen molar-refractivity contribution >= 4 is 65.7 Å². The molecule has 0 aliphatic heterocycles. The summed E-state index contributed by atoms with van der Waals surface area (Å²) in [7, 11) is 0. The van der Waals surface area contributed by atoms with Gasteiger partial charge >= 0.3 is 0 Å². The third-order valence-electron chi connectivity index (χ3n) is 9.48. The van der Waals surface area contributed by atoms with E-state index in [0.717, 1.165) is 55.1 Å². The maximum atomic E-state index is 6.34. The predicted octanol–water partition coefficient (Wildman–Crippen LogP) is 12.2. The van der Waals surface area contributed by atoms with E-state index in [9.17, 15) is 0 Å². The highest BCUT2D eigenvalue weighted by atomic mass is 16.3. The van der Waals surface area contributed by atoms with Gasteiger partial charge in [-0.25, -0.2) is 0 Å². The minimum atomic E-state index is 0.833. The Morgan fingerprint density at radius 2 is 0.826 bits per heavy atom. The maximum Gasteiger partial charge on any atom is 0.139 e. The number of hydrogen-bond donors (Lipinski definition) is 0. The topological polar surface area (TPSA) is 31.2 Å².